The average Bonchev–Trinajstić information content (AvgIpc) is 2.15. The highest BCUT2D eigenvalue weighted by Crippen LogP contribution is 2.25. The van der Waals surface area contributed by atoms with Gasteiger partial charge < -0.3 is 16.2 Å². The molecule has 0 aliphatic heterocycles. The Kier molecular flexibility index (Phi) is 3.37. The van der Waals surface area contributed by atoms with Gasteiger partial charge in [-0.25, -0.2) is 0 Å². The lowest BCUT2D eigenvalue weighted by Crippen LogP contribution is -2.43. The van der Waals surface area contributed by atoms with Gasteiger partial charge >= 0.3 is 0 Å². The SMILES string of the molecule is COc1ccc(C(N)C(C)(C)N)cc1C. The summed E-state index contributed by atoms with van der Waals surface area (Å²) in [6.45, 7) is 5.85. The summed E-state index contributed by atoms with van der Waals surface area (Å²) in [7, 11) is 1.66. The van der Waals surface area contributed by atoms with E-state index in [9.17, 15) is 0 Å². The van der Waals surface area contributed by atoms with Crippen molar-refractivity contribution in [1.29, 1.82) is 0 Å². The molecule has 1 atom stereocenters. The second-order valence-corrected chi connectivity index (χ2v) is 4.53. The first-order valence-electron chi connectivity index (χ1n) is 5.05. The summed E-state index contributed by atoms with van der Waals surface area (Å²) in [4.78, 5) is 0. The van der Waals surface area contributed by atoms with Crippen LogP contribution in [-0.2, 0) is 0 Å². The number of aryl methyl sites for hydroxylation is 1. The third-order valence-electron chi connectivity index (χ3n) is 2.58. The highest BCUT2D eigenvalue weighted by molar-refractivity contribution is 5.38. The Labute approximate surface area is 91.4 Å². The third kappa shape index (κ3) is 2.70. The molecule has 0 fully saturated rings. The maximum absolute atomic E-state index is 6.07. The lowest BCUT2D eigenvalue weighted by atomic mass is 9.90. The first-order chi connectivity index (χ1) is 6.86. The Balaban J connectivity index is 3.02. The molecule has 0 heterocycles. The molecule has 0 saturated heterocycles. The number of rotatable bonds is 3. The summed E-state index contributed by atoms with van der Waals surface area (Å²) in [5.41, 5.74) is 13.7. The van der Waals surface area contributed by atoms with E-state index in [2.05, 4.69) is 0 Å². The van der Waals surface area contributed by atoms with Gasteiger partial charge in [-0.15, -0.1) is 0 Å². The Bertz CT molecular complexity index is 342. The molecule has 0 radical (unpaired) electrons. The van der Waals surface area contributed by atoms with Crippen LogP contribution in [0.4, 0.5) is 0 Å². The largest absolute Gasteiger partial charge is 0.496 e. The van der Waals surface area contributed by atoms with Crippen molar-refractivity contribution in [3.05, 3.63) is 29.3 Å². The number of ether oxygens (including phenoxy) is 1. The molecule has 0 saturated carbocycles. The molecule has 4 N–H and O–H groups in total. The minimum absolute atomic E-state index is 0.165. The zero-order valence-corrected chi connectivity index (χ0v) is 9.87. The molecule has 3 nitrogen and oxygen atoms in total. The van der Waals surface area contributed by atoms with Gasteiger partial charge in [-0.2, -0.15) is 0 Å². The molecule has 1 aromatic carbocycles. The molecular formula is C12H20N2O. The summed E-state index contributed by atoms with van der Waals surface area (Å²) in [5.74, 6) is 0.876. The summed E-state index contributed by atoms with van der Waals surface area (Å²) in [6, 6.07) is 5.75. The fraction of sp³-hybridized carbons (Fsp3) is 0.500. The molecule has 1 rings (SSSR count). The maximum atomic E-state index is 6.07. The lowest BCUT2D eigenvalue weighted by Gasteiger charge is -2.27. The zero-order valence-electron chi connectivity index (χ0n) is 9.87. The summed E-state index contributed by atoms with van der Waals surface area (Å²) < 4.78 is 5.19. The van der Waals surface area contributed by atoms with E-state index in [4.69, 9.17) is 16.2 Å². The van der Waals surface area contributed by atoms with E-state index in [0.29, 0.717) is 0 Å². The van der Waals surface area contributed by atoms with Crippen molar-refractivity contribution in [3.63, 3.8) is 0 Å². The van der Waals surface area contributed by atoms with Gasteiger partial charge in [-0.1, -0.05) is 12.1 Å². The molecule has 1 aromatic rings. The van der Waals surface area contributed by atoms with Crippen molar-refractivity contribution in [3.8, 4) is 5.75 Å². The molecule has 0 aromatic heterocycles. The van der Waals surface area contributed by atoms with E-state index >= 15 is 0 Å². The zero-order chi connectivity index (χ0) is 11.6. The summed E-state index contributed by atoms with van der Waals surface area (Å²) >= 11 is 0. The molecule has 1 unspecified atom stereocenters. The Morgan fingerprint density at radius 2 is 1.93 bits per heavy atom. The number of hydrogen-bond donors (Lipinski definition) is 2. The first-order valence-corrected chi connectivity index (χ1v) is 5.05. The van der Waals surface area contributed by atoms with Gasteiger partial charge in [0.25, 0.3) is 0 Å². The fourth-order valence-electron chi connectivity index (χ4n) is 1.52. The smallest absolute Gasteiger partial charge is 0.121 e. The van der Waals surface area contributed by atoms with E-state index in [1.165, 1.54) is 0 Å². The van der Waals surface area contributed by atoms with Gasteiger partial charge in [0.05, 0.1) is 7.11 Å². The second kappa shape index (κ2) is 4.21. The normalized spacial score (nSPS) is 13.7. The molecule has 84 valence electrons. The number of methoxy groups -OCH3 is 1. The minimum Gasteiger partial charge on any atom is -0.496 e. The predicted molar refractivity (Wildman–Crippen MR) is 62.9 cm³/mol. The molecule has 15 heavy (non-hydrogen) atoms. The van der Waals surface area contributed by atoms with Crippen molar-refractivity contribution in [2.24, 2.45) is 11.5 Å². The van der Waals surface area contributed by atoms with Crippen LogP contribution in [-0.4, -0.2) is 12.6 Å². The van der Waals surface area contributed by atoms with Gasteiger partial charge in [0.1, 0.15) is 5.75 Å². The quantitative estimate of drug-likeness (QED) is 0.795. The van der Waals surface area contributed by atoms with Crippen molar-refractivity contribution in [2.45, 2.75) is 32.4 Å². The number of hydrogen-bond acceptors (Lipinski definition) is 3. The molecule has 0 amide bonds. The van der Waals surface area contributed by atoms with Gasteiger partial charge in [-0.3, -0.25) is 0 Å². The topological polar surface area (TPSA) is 61.3 Å². The highest BCUT2D eigenvalue weighted by atomic mass is 16.5. The van der Waals surface area contributed by atoms with Gasteiger partial charge in [0.15, 0.2) is 0 Å². The van der Waals surface area contributed by atoms with Gasteiger partial charge in [0, 0.05) is 11.6 Å². The van der Waals surface area contributed by atoms with Crippen LogP contribution in [0.1, 0.15) is 31.0 Å². The molecule has 0 aliphatic rings. The first kappa shape index (κ1) is 12.0. The van der Waals surface area contributed by atoms with Crippen molar-refractivity contribution in [2.75, 3.05) is 7.11 Å². The van der Waals surface area contributed by atoms with Crippen molar-refractivity contribution >= 4 is 0 Å². The lowest BCUT2D eigenvalue weighted by molar-refractivity contribution is 0.406. The molecular weight excluding hydrogens is 188 g/mol. The van der Waals surface area contributed by atoms with Crippen LogP contribution in [0.3, 0.4) is 0 Å². The van der Waals surface area contributed by atoms with Crippen LogP contribution in [0.15, 0.2) is 18.2 Å². The van der Waals surface area contributed by atoms with Crippen LogP contribution < -0.4 is 16.2 Å². The molecule has 0 aliphatic carbocycles. The van der Waals surface area contributed by atoms with E-state index in [1.807, 2.05) is 39.0 Å². The molecule has 0 bridgehead atoms. The summed E-state index contributed by atoms with van der Waals surface area (Å²) in [5, 5.41) is 0. The third-order valence-corrected chi connectivity index (χ3v) is 2.58. The van der Waals surface area contributed by atoms with Gasteiger partial charge in [-0.05, 0) is 38.0 Å². The average molecular weight is 208 g/mol. The fourth-order valence-corrected chi connectivity index (χ4v) is 1.52. The summed E-state index contributed by atoms with van der Waals surface area (Å²) in [6.07, 6.45) is 0. The second-order valence-electron chi connectivity index (χ2n) is 4.53. The van der Waals surface area contributed by atoms with E-state index in [1.54, 1.807) is 7.11 Å². The number of nitrogens with two attached hydrogens (primary N) is 2. The molecule has 0 spiro atoms. The Morgan fingerprint density at radius 1 is 1.33 bits per heavy atom. The maximum Gasteiger partial charge on any atom is 0.121 e. The monoisotopic (exact) mass is 208 g/mol. The van der Waals surface area contributed by atoms with E-state index < -0.39 is 5.54 Å². The standard InChI is InChI=1S/C12H20N2O/c1-8-7-9(5-6-10(8)15-4)11(13)12(2,3)14/h5-7,11H,13-14H2,1-4H3. The van der Waals surface area contributed by atoms with Crippen LogP contribution >= 0.6 is 0 Å². The van der Waals surface area contributed by atoms with E-state index in [0.717, 1.165) is 16.9 Å². The van der Waals surface area contributed by atoms with Crippen LogP contribution in [0.5, 0.6) is 5.75 Å². The minimum atomic E-state index is -0.416. The highest BCUT2D eigenvalue weighted by Gasteiger charge is 2.23. The van der Waals surface area contributed by atoms with Crippen LogP contribution in [0.25, 0.3) is 0 Å². The van der Waals surface area contributed by atoms with Crippen molar-refractivity contribution in [1.82, 2.24) is 0 Å². The predicted octanol–water partition coefficient (Wildman–Crippen LogP) is 1.74. The number of benzene rings is 1. The van der Waals surface area contributed by atoms with Crippen LogP contribution in [0.2, 0.25) is 0 Å². The van der Waals surface area contributed by atoms with E-state index in [-0.39, 0.29) is 6.04 Å². The Hall–Kier alpha value is -1.06. The molecule has 3 heteroatoms. The van der Waals surface area contributed by atoms with Gasteiger partial charge in [0.2, 0.25) is 0 Å². The Morgan fingerprint density at radius 3 is 2.33 bits per heavy atom. The van der Waals surface area contributed by atoms with Crippen molar-refractivity contribution < 1.29 is 4.74 Å². The van der Waals surface area contributed by atoms with Crippen LogP contribution in [0, 0.1) is 6.92 Å².